The fourth-order valence-corrected chi connectivity index (χ4v) is 4.13. The zero-order valence-electron chi connectivity index (χ0n) is 17.7. The maximum absolute atomic E-state index is 13.6. The molecule has 4 rings (SSSR count). The first-order chi connectivity index (χ1) is 15.6. The number of nitrogens with one attached hydrogen (secondary N) is 1. The molecule has 0 aliphatic carbocycles. The van der Waals surface area contributed by atoms with Gasteiger partial charge in [0, 0.05) is 25.4 Å². The molecular weight excluding hydrogens is 409 g/mol. The third-order valence-electron chi connectivity index (χ3n) is 5.64. The predicted molar refractivity (Wildman–Crippen MR) is 117 cm³/mol. The molecule has 32 heavy (non-hydrogen) atoms. The van der Waals surface area contributed by atoms with E-state index in [-0.39, 0.29) is 24.2 Å². The number of hydrogen-bond acceptors (Lipinski definition) is 4. The van der Waals surface area contributed by atoms with Gasteiger partial charge < -0.3 is 15.0 Å². The van der Waals surface area contributed by atoms with Crippen molar-refractivity contribution in [3.05, 3.63) is 101 Å². The Hall–Kier alpha value is -3.58. The number of hydrogen-bond donors (Lipinski definition) is 1. The summed E-state index contributed by atoms with van der Waals surface area (Å²) in [5.41, 5.74) is 2.55. The topological polar surface area (TPSA) is 71.5 Å². The molecule has 1 aliphatic rings. The van der Waals surface area contributed by atoms with Crippen LogP contribution in [0.25, 0.3) is 0 Å². The average molecular weight is 433 g/mol. The first-order valence-electron chi connectivity index (χ1n) is 10.4. The lowest BCUT2D eigenvalue weighted by Gasteiger charge is -2.41. The summed E-state index contributed by atoms with van der Waals surface area (Å²) in [6.45, 7) is 0.879. The molecule has 2 aromatic carbocycles. The highest BCUT2D eigenvalue weighted by molar-refractivity contribution is 6.01. The summed E-state index contributed by atoms with van der Waals surface area (Å²) < 4.78 is 18.9. The van der Waals surface area contributed by atoms with Gasteiger partial charge in [-0.15, -0.1) is 0 Å². The highest BCUT2D eigenvalue weighted by Crippen LogP contribution is 2.42. The Morgan fingerprint density at radius 1 is 1.09 bits per heavy atom. The van der Waals surface area contributed by atoms with Crippen LogP contribution in [0.4, 0.5) is 4.39 Å². The van der Waals surface area contributed by atoms with Crippen molar-refractivity contribution in [2.45, 2.75) is 18.5 Å². The van der Waals surface area contributed by atoms with Crippen LogP contribution in [0.2, 0.25) is 0 Å². The summed E-state index contributed by atoms with van der Waals surface area (Å²) in [5.74, 6) is -1.46. The Bertz CT molecular complexity index is 1090. The molecule has 7 heteroatoms. The molecule has 164 valence electrons. The van der Waals surface area contributed by atoms with Crippen LogP contribution in [0.3, 0.4) is 0 Å². The second-order valence-electron chi connectivity index (χ2n) is 7.59. The fraction of sp³-hybridized carbons (Fsp3) is 0.240. The molecule has 0 fully saturated rings. The summed E-state index contributed by atoms with van der Waals surface area (Å²) >= 11 is 0. The van der Waals surface area contributed by atoms with Crippen LogP contribution < -0.4 is 5.32 Å². The number of nitrogens with zero attached hydrogens (tertiary/aromatic N) is 2. The second kappa shape index (κ2) is 9.70. The second-order valence-corrected chi connectivity index (χ2v) is 7.59. The van der Waals surface area contributed by atoms with E-state index >= 15 is 0 Å². The molecule has 0 bridgehead atoms. The summed E-state index contributed by atoms with van der Waals surface area (Å²) in [6.07, 6.45) is 1.67. The summed E-state index contributed by atoms with van der Waals surface area (Å²) in [6, 6.07) is 18.0. The van der Waals surface area contributed by atoms with Crippen LogP contribution in [-0.2, 0) is 16.1 Å². The monoisotopic (exact) mass is 433 g/mol. The van der Waals surface area contributed by atoms with Gasteiger partial charge in [0.15, 0.2) is 0 Å². The molecular formula is C25H24FN3O3. The van der Waals surface area contributed by atoms with Crippen LogP contribution in [0.1, 0.15) is 39.1 Å². The number of aromatic nitrogens is 1. The average Bonchev–Trinajstić information content (AvgIpc) is 2.83. The lowest BCUT2D eigenvalue weighted by atomic mass is 9.79. The largest absolute Gasteiger partial charge is 0.383 e. The van der Waals surface area contributed by atoms with Gasteiger partial charge in [-0.25, -0.2) is 4.39 Å². The van der Waals surface area contributed by atoms with Crippen molar-refractivity contribution in [1.29, 1.82) is 0 Å². The Labute approximate surface area is 186 Å². The van der Waals surface area contributed by atoms with E-state index in [0.29, 0.717) is 29.8 Å². The van der Waals surface area contributed by atoms with Crippen LogP contribution in [-0.4, -0.2) is 42.0 Å². The molecule has 0 saturated carbocycles. The molecule has 2 amide bonds. The van der Waals surface area contributed by atoms with Crippen LogP contribution >= 0.6 is 0 Å². The minimum atomic E-state index is -0.671. The maximum Gasteiger partial charge on any atom is 0.254 e. The fourth-order valence-electron chi connectivity index (χ4n) is 4.13. The normalized spacial score (nSPS) is 17.7. The van der Waals surface area contributed by atoms with Gasteiger partial charge in [0.2, 0.25) is 5.91 Å². The predicted octanol–water partition coefficient (Wildman–Crippen LogP) is 3.46. The smallest absolute Gasteiger partial charge is 0.254 e. The lowest BCUT2D eigenvalue weighted by Crippen LogP contribution is -2.48. The highest BCUT2D eigenvalue weighted by Gasteiger charge is 2.43. The van der Waals surface area contributed by atoms with Crippen LogP contribution in [0.5, 0.6) is 0 Å². The first-order valence-corrected chi connectivity index (χ1v) is 10.4. The van der Waals surface area contributed by atoms with Crippen molar-refractivity contribution in [2.24, 2.45) is 0 Å². The summed E-state index contributed by atoms with van der Waals surface area (Å²) in [7, 11) is 1.56. The zero-order valence-corrected chi connectivity index (χ0v) is 17.7. The van der Waals surface area contributed by atoms with E-state index < -0.39 is 12.0 Å². The van der Waals surface area contributed by atoms with Gasteiger partial charge in [-0.2, -0.15) is 0 Å². The van der Waals surface area contributed by atoms with Gasteiger partial charge in [0.25, 0.3) is 5.91 Å². The van der Waals surface area contributed by atoms with Crippen molar-refractivity contribution in [1.82, 2.24) is 15.2 Å². The van der Waals surface area contributed by atoms with Crippen molar-refractivity contribution < 1.29 is 18.7 Å². The maximum atomic E-state index is 13.6. The number of methoxy groups -OCH3 is 1. The highest BCUT2D eigenvalue weighted by atomic mass is 19.1. The number of carbonyl (C=O) groups is 2. The van der Waals surface area contributed by atoms with E-state index in [1.54, 1.807) is 42.5 Å². The van der Waals surface area contributed by atoms with E-state index in [2.05, 4.69) is 10.3 Å². The van der Waals surface area contributed by atoms with E-state index in [1.807, 2.05) is 30.3 Å². The van der Waals surface area contributed by atoms with Gasteiger partial charge in [0.05, 0.1) is 30.8 Å². The molecule has 0 radical (unpaired) electrons. The van der Waals surface area contributed by atoms with Gasteiger partial charge in [-0.3, -0.25) is 14.6 Å². The van der Waals surface area contributed by atoms with Crippen molar-refractivity contribution in [3.63, 3.8) is 0 Å². The van der Waals surface area contributed by atoms with Gasteiger partial charge >= 0.3 is 0 Å². The molecule has 6 nitrogen and oxygen atoms in total. The van der Waals surface area contributed by atoms with Crippen molar-refractivity contribution in [2.75, 3.05) is 20.3 Å². The molecule has 1 aliphatic heterocycles. The molecule has 1 aromatic heterocycles. The summed E-state index contributed by atoms with van der Waals surface area (Å²) in [4.78, 5) is 32.8. The van der Waals surface area contributed by atoms with Gasteiger partial charge in [0.1, 0.15) is 5.82 Å². The van der Waals surface area contributed by atoms with Crippen molar-refractivity contribution >= 4 is 11.8 Å². The Kier molecular flexibility index (Phi) is 6.56. The summed E-state index contributed by atoms with van der Waals surface area (Å²) in [5, 5.41) is 2.97. The molecule has 0 spiro atoms. The Morgan fingerprint density at radius 2 is 1.84 bits per heavy atom. The zero-order chi connectivity index (χ0) is 22.5. The molecule has 2 heterocycles. The molecule has 0 saturated heterocycles. The minimum Gasteiger partial charge on any atom is -0.383 e. The SMILES string of the molecule is COCCN1C(=O)c2ccccc2[C@H](C(=O)NCc2ccccn2)[C@H]1c1ccc(F)cc1. The molecule has 3 aromatic rings. The third-order valence-corrected chi connectivity index (χ3v) is 5.64. The van der Waals surface area contributed by atoms with Crippen molar-refractivity contribution in [3.8, 4) is 0 Å². The number of halogens is 1. The van der Waals surface area contributed by atoms with E-state index in [9.17, 15) is 14.0 Å². The number of amides is 2. The van der Waals surface area contributed by atoms with Gasteiger partial charge in [-0.05, 0) is 41.5 Å². The number of carbonyl (C=O) groups excluding carboxylic acids is 2. The van der Waals surface area contributed by atoms with E-state index in [1.165, 1.54) is 12.1 Å². The number of fused-ring (bicyclic) bond motifs is 1. The van der Waals surface area contributed by atoms with Crippen LogP contribution in [0.15, 0.2) is 72.9 Å². The Morgan fingerprint density at radius 3 is 2.56 bits per heavy atom. The van der Waals surface area contributed by atoms with Gasteiger partial charge in [-0.1, -0.05) is 36.4 Å². The standard InChI is InChI=1S/C25H24FN3O3/c1-32-15-14-29-23(17-9-11-18(26)12-10-17)22(20-7-2-3-8-21(20)25(29)31)24(30)28-16-19-6-4-5-13-27-19/h2-13,22-23H,14-16H2,1H3,(H,28,30)/t22-,23+/m0/s1. The first kappa shape index (κ1) is 21.6. The number of rotatable bonds is 7. The quantitative estimate of drug-likeness (QED) is 0.620. The molecule has 1 N–H and O–H groups in total. The lowest BCUT2D eigenvalue weighted by molar-refractivity contribution is -0.124. The van der Waals surface area contributed by atoms with E-state index in [4.69, 9.17) is 4.74 Å². The van der Waals surface area contributed by atoms with E-state index in [0.717, 1.165) is 5.69 Å². The number of pyridine rings is 1. The third kappa shape index (κ3) is 4.38. The molecule has 0 unspecified atom stereocenters. The number of ether oxygens (including phenoxy) is 1. The molecule has 2 atom stereocenters. The minimum absolute atomic E-state index is 0.180. The Balaban J connectivity index is 1.76. The number of benzene rings is 2. The van der Waals surface area contributed by atoms with Crippen LogP contribution in [0, 0.1) is 5.82 Å².